The van der Waals surface area contributed by atoms with Gasteiger partial charge in [0.05, 0.1) is 12.1 Å². The van der Waals surface area contributed by atoms with Gasteiger partial charge in [0.1, 0.15) is 0 Å². The van der Waals surface area contributed by atoms with Crippen LogP contribution in [0.2, 0.25) is 0 Å². The minimum atomic E-state index is 0.288. The smallest absolute Gasteiger partial charge is 0.0943 e. The van der Waals surface area contributed by atoms with Crippen molar-refractivity contribution in [3.8, 4) is 6.07 Å². The quantitative estimate of drug-likeness (QED) is 0.653. The van der Waals surface area contributed by atoms with Crippen molar-refractivity contribution in [2.45, 2.75) is 45.6 Å². The Bertz CT molecular complexity index is 493. The number of hydrogen-bond acceptors (Lipinski definition) is 2. The summed E-state index contributed by atoms with van der Waals surface area (Å²) in [6, 6.07) is 11.3. The van der Waals surface area contributed by atoms with Crippen LogP contribution in [0.25, 0.3) is 0 Å². The van der Waals surface area contributed by atoms with Crippen LogP contribution in [0.4, 0.5) is 0 Å². The van der Waals surface area contributed by atoms with Crippen LogP contribution in [-0.4, -0.2) is 0 Å². The summed E-state index contributed by atoms with van der Waals surface area (Å²) in [6.07, 6.45) is 5.95. The Morgan fingerprint density at radius 2 is 2.05 bits per heavy atom. The Morgan fingerprint density at radius 3 is 2.57 bits per heavy atom. The summed E-state index contributed by atoms with van der Waals surface area (Å²) in [7, 11) is 0. The Labute approximate surface area is 129 Å². The third kappa shape index (κ3) is 5.47. The maximum absolute atomic E-state index is 8.81. The van der Waals surface area contributed by atoms with Crippen molar-refractivity contribution in [3.05, 3.63) is 60.3 Å². The zero-order chi connectivity index (χ0) is 15.7. The standard InChI is InChI=1S/C19H26N2/c1-5-19(21-6-2)18-12-10-17(11-13-18)9-7-8-15(3)16(4)14-20/h6,10-13,15,19,21H,2,4-5,7-9H2,1,3H3. The van der Waals surface area contributed by atoms with E-state index in [1.54, 1.807) is 6.20 Å². The van der Waals surface area contributed by atoms with E-state index in [1.165, 1.54) is 11.1 Å². The van der Waals surface area contributed by atoms with Gasteiger partial charge in [-0.3, -0.25) is 0 Å². The van der Waals surface area contributed by atoms with Crippen molar-refractivity contribution >= 4 is 0 Å². The number of aryl methyl sites for hydroxylation is 1. The SMILES string of the molecule is C=CNC(CC)c1ccc(CCCC(C)C(=C)C#N)cc1. The minimum Gasteiger partial charge on any atom is -0.385 e. The molecule has 2 heteroatoms. The Morgan fingerprint density at radius 1 is 1.38 bits per heavy atom. The maximum atomic E-state index is 8.81. The molecule has 0 aromatic heterocycles. The number of benzene rings is 1. The summed E-state index contributed by atoms with van der Waals surface area (Å²) in [5.74, 6) is 0.288. The Kier molecular flexibility index (Phi) is 7.32. The molecule has 2 unspecified atom stereocenters. The first-order valence-electron chi connectivity index (χ1n) is 7.67. The molecule has 0 aliphatic heterocycles. The molecule has 0 saturated heterocycles. The minimum absolute atomic E-state index is 0.288. The van der Waals surface area contributed by atoms with Gasteiger partial charge in [0.25, 0.3) is 0 Å². The van der Waals surface area contributed by atoms with Crippen LogP contribution < -0.4 is 5.32 Å². The van der Waals surface area contributed by atoms with Crippen molar-refractivity contribution in [1.29, 1.82) is 5.26 Å². The molecule has 1 N–H and O–H groups in total. The number of nitrogens with zero attached hydrogens (tertiary/aromatic N) is 1. The number of hydrogen-bond donors (Lipinski definition) is 1. The maximum Gasteiger partial charge on any atom is 0.0943 e. The Hall–Kier alpha value is -2.01. The molecule has 1 aromatic rings. The highest BCUT2D eigenvalue weighted by Gasteiger charge is 2.08. The molecule has 0 aliphatic carbocycles. The molecule has 2 nitrogen and oxygen atoms in total. The monoisotopic (exact) mass is 282 g/mol. The van der Waals surface area contributed by atoms with Crippen molar-refractivity contribution in [3.63, 3.8) is 0 Å². The van der Waals surface area contributed by atoms with Crippen LogP contribution >= 0.6 is 0 Å². The average molecular weight is 282 g/mol. The molecular formula is C19H26N2. The van der Waals surface area contributed by atoms with Gasteiger partial charge in [-0.1, -0.05) is 51.3 Å². The summed E-state index contributed by atoms with van der Waals surface area (Å²) >= 11 is 0. The fourth-order valence-corrected chi connectivity index (χ4v) is 2.41. The number of nitriles is 1. The van der Waals surface area contributed by atoms with E-state index in [2.05, 4.69) is 62.7 Å². The van der Waals surface area contributed by atoms with E-state index < -0.39 is 0 Å². The Balaban J connectivity index is 2.50. The highest BCUT2D eigenvalue weighted by molar-refractivity contribution is 5.25. The molecule has 0 spiro atoms. The number of allylic oxidation sites excluding steroid dienone is 1. The highest BCUT2D eigenvalue weighted by Crippen LogP contribution is 2.19. The van der Waals surface area contributed by atoms with Gasteiger partial charge in [-0.25, -0.2) is 0 Å². The van der Waals surface area contributed by atoms with Crippen molar-refractivity contribution in [2.24, 2.45) is 5.92 Å². The van der Waals surface area contributed by atoms with Crippen LogP contribution in [0.1, 0.15) is 50.3 Å². The molecular weight excluding hydrogens is 256 g/mol. The van der Waals surface area contributed by atoms with Crippen LogP contribution in [0, 0.1) is 17.2 Å². The molecule has 1 rings (SSSR count). The van der Waals surface area contributed by atoms with Crippen LogP contribution in [-0.2, 0) is 6.42 Å². The molecule has 0 bridgehead atoms. The van der Waals surface area contributed by atoms with Crippen molar-refractivity contribution in [1.82, 2.24) is 5.32 Å². The lowest BCUT2D eigenvalue weighted by Gasteiger charge is -2.16. The molecule has 0 saturated carbocycles. The van der Waals surface area contributed by atoms with Crippen molar-refractivity contribution in [2.75, 3.05) is 0 Å². The lowest BCUT2D eigenvalue weighted by molar-refractivity contribution is 0.590. The normalized spacial score (nSPS) is 13.0. The van der Waals surface area contributed by atoms with E-state index in [0.29, 0.717) is 11.6 Å². The van der Waals surface area contributed by atoms with Gasteiger partial charge in [0, 0.05) is 5.57 Å². The molecule has 0 heterocycles. The number of rotatable bonds is 9. The zero-order valence-electron chi connectivity index (χ0n) is 13.2. The third-order valence-electron chi connectivity index (χ3n) is 3.95. The van der Waals surface area contributed by atoms with Gasteiger partial charge in [0.2, 0.25) is 0 Å². The van der Waals surface area contributed by atoms with Gasteiger partial charge in [-0.2, -0.15) is 5.26 Å². The molecule has 1 aromatic carbocycles. The molecule has 0 radical (unpaired) electrons. The van der Waals surface area contributed by atoms with Gasteiger partial charge in [-0.15, -0.1) is 0 Å². The topological polar surface area (TPSA) is 35.8 Å². The van der Waals surface area contributed by atoms with E-state index in [-0.39, 0.29) is 5.92 Å². The molecule has 112 valence electrons. The second kappa shape index (κ2) is 9.02. The predicted molar refractivity (Wildman–Crippen MR) is 89.7 cm³/mol. The first kappa shape index (κ1) is 17.0. The summed E-state index contributed by atoms with van der Waals surface area (Å²) in [5, 5.41) is 12.1. The molecule has 0 amide bonds. The fraction of sp³-hybridized carbons (Fsp3) is 0.421. The molecule has 0 aliphatic rings. The number of nitrogens with one attached hydrogen (secondary N) is 1. The predicted octanol–water partition coefficient (Wildman–Crippen LogP) is 4.91. The van der Waals surface area contributed by atoms with E-state index in [0.717, 1.165) is 25.7 Å². The van der Waals surface area contributed by atoms with E-state index in [9.17, 15) is 0 Å². The summed E-state index contributed by atoms with van der Waals surface area (Å²) in [5.41, 5.74) is 3.33. The first-order valence-corrected chi connectivity index (χ1v) is 7.67. The second-order valence-electron chi connectivity index (χ2n) is 5.50. The summed E-state index contributed by atoms with van der Waals surface area (Å²) < 4.78 is 0. The zero-order valence-corrected chi connectivity index (χ0v) is 13.2. The molecule has 0 fully saturated rings. The van der Waals surface area contributed by atoms with Gasteiger partial charge >= 0.3 is 0 Å². The van der Waals surface area contributed by atoms with Crippen LogP contribution in [0.5, 0.6) is 0 Å². The van der Waals surface area contributed by atoms with E-state index >= 15 is 0 Å². The fourth-order valence-electron chi connectivity index (χ4n) is 2.41. The molecule has 2 atom stereocenters. The largest absolute Gasteiger partial charge is 0.385 e. The lowest BCUT2D eigenvalue weighted by atomic mass is 9.95. The van der Waals surface area contributed by atoms with Gasteiger partial charge in [0.15, 0.2) is 0 Å². The van der Waals surface area contributed by atoms with E-state index in [1.807, 2.05) is 0 Å². The lowest BCUT2D eigenvalue weighted by Crippen LogP contribution is -2.13. The third-order valence-corrected chi connectivity index (χ3v) is 3.95. The average Bonchev–Trinajstić information content (AvgIpc) is 2.52. The second-order valence-corrected chi connectivity index (χ2v) is 5.50. The van der Waals surface area contributed by atoms with Gasteiger partial charge < -0.3 is 5.32 Å². The summed E-state index contributed by atoms with van der Waals surface area (Å²) in [4.78, 5) is 0. The highest BCUT2D eigenvalue weighted by atomic mass is 14.9. The summed E-state index contributed by atoms with van der Waals surface area (Å²) in [6.45, 7) is 11.7. The van der Waals surface area contributed by atoms with Crippen molar-refractivity contribution < 1.29 is 0 Å². The van der Waals surface area contributed by atoms with Gasteiger partial charge in [-0.05, 0) is 48.9 Å². The van der Waals surface area contributed by atoms with E-state index in [4.69, 9.17) is 5.26 Å². The molecule has 21 heavy (non-hydrogen) atoms. The van der Waals surface area contributed by atoms with Crippen LogP contribution in [0.15, 0.2) is 49.2 Å². The van der Waals surface area contributed by atoms with Crippen LogP contribution in [0.3, 0.4) is 0 Å². The first-order chi connectivity index (χ1) is 10.1.